The van der Waals surface area contributed by atoms with Crippen molar-refractivity contribution in [1.82, 2.24) is 0 Å². The minimum Gasteiger partial charge on any atom is -0.292 e. The van der Waals surface area contributed by atoms with E-state index in [2.05, 4.69) is 26.0 Å². The molecule has 0 aliphatic carbocycles. The maximum absolute atomic E-state index is 11.4. The van der Waals surface area contributed by atoms with Gasteiger partial charge in [0.1, 0.15) is 11.0 Å². The molecule has 1 aromatic carbocycles. The van der Waals surface area contributed by atoms with Crippen LogP contribution >= 0.6 is 0 Å². The van der Waals surface area contributed by atoms with E-state index in [1.165, 1.54) is 5.56 Å². The Morgan fingerprint density at radius 1 is 1.27 bits per heavy atom. The Bertz CT molecular complexity index is 332. The number of nitrogens with zero attached hydrogens (tertiary/aromatic N) is 1. The fraction of sp³-hybridized carbons (Fsp3) is 0.500. The molecule has 0 aromatic heterocycles. The Morgan fingerprint density at radius 2 is 1.80 bits per heavy atom. The lowest BCUT2D eigenvalue weighted by Crippen LogP contribution is -2.23. The normalized spacial score (nSPS) is 12.9. The van der Waals surface area contributed by atoms with Gasteiger partial charge in [0.25, 0.3) is 0 Å². The molecule has 2 nitrogen and oxygen atoms in total. The fourth-order valence-corrected chi connectivity index (χ4v) is 2.32. The van der Waals surface area contributed by atoms with E-state index in [1.54, 1.807) is 6.26 Å². The zero-order valence-corrected chi connectivity index (χ0v) is 10.7. The quantitative estimate of drug-likeness (QED) is 0.771. The van der Waals surface area contributed by atoms with Crippen LogP contribution in [0.25, 0.3) is 0 Å². The second-order valence-corrected chi connectivity index (χ2v) is 5.15. The van der Waals surface area contributed by atoms with Crippen LogP contribution in [0.5, 0.6) is 0 Å². The molecule has 0 N–H and O–H groups in total. The average molecular weight is 225 g/mol. The third-order valence-corrected chi connectivity index (χ3v) is 3.54. The summed E-state index contributed by atoms with van der Waals surface area (Å²) in [4.78, 5) is 0. The maximum atomic E-state index is 11.4. The summed E-state index contributed by atoms with van der Waals surface area (Å²) in [5, 5.41) is 0. The summed E-state index contributed by atoms with van der Waals surface area (Å²) in [6.45, 7) is 7.12. The first-order chi connectivity index (χ1) is 7.06. The molecule has 1 rings (SSSR count). The van der Waals surface area contributed by atoms with Gasteiger partial charge in [-0.15, -0.1) is 0 Å². The summed E-state index contributed by atoms with van der Waals surface area (Å²) in [6, 6.07) is 8.30. The Balaban J connectivity index is 2.92. The Kier molecular flexibility index (Phi) is 4.33. The third-order valence-electron chi connectivity index (χ3n) is 2.45. The van der Waals surface area contributed by atoms with E-state index in [0.717, 1.165) is 12.2 Å². The number of anilines is 1. The molecule has 0 aliphatic heterocycles. The molecule has 3 heteroatoms. The van der Waals surface area contributed by atoms with Crippen LogP contribution in [0, 0.1) is 0 Å². The Morgan fingerprint density at radius 3 is 2.13 bits per heavy atom. The van der Waals surface area contributed by atoms with Gasteiger partial charge in [-0.3, -0.25) is 4.31 Å². The molecule has 15 heavy (non-hydrogen) atoms. The van der Waals surface area contributed by atoms with Crippen LogP contribution in [0.3, 0.4) is 0 Å². The van der Waals surface area contributed by atoms with Gasteiger partial charge in [0.05, 0.1) is 0 Å². The van der Waals surface area contributed by atoms with Crippen molar-refractivity contribution >= 4 is 16.7 Å². The maximum Gasteiger partial charge on any atom is 0.116 e. The predicted octanol–water partition coefficient (Wildman–Crippen LogP) is 2.93. The number of rotatable bonds is 4. The minimum absolute atomic E-state index is 0.543. The molecule has 0 heterocycles. The first-order valence-corrected chi connectivity index (χ1v) is 6.78. The molecule has 0 radical (unpaired) electrons. The van der Waals surface area contributed by atoms with Gasteiger partial charge in [-0.2, -0.15) is 0 Å². The standard InChI is InChI=1S/C12H19NOS/c1-5-13(15(4)14)12-8-6-11(7-9-12)10(2)3/h6-10H,5H2,1-4H3. The largest absolute Gasteiger partial charge is 0.292 e. The molecule has 84 valence electrons. The van der Waals surface area contributed by atoms with Crippen molar-refractivity contribution in [2.45, 2.75) is 26.7 Å². The van der Waals surface area contributed by atoms with Crippen molar-refractivity contribution in [1.29, 1.82) is 0 Å². The van der Waals surface area contributed by atoms with Crippen molar-refractivity contribution in [3.63, 3.8) is 0 Å². The molecule has 0 saturated carbocycles. The topological polar surface area (TPSA) is 20.3 Å². The molecule has 1 aromatic rings. The Hall–Kier alpha value is -0.830. The highest BCUT2D eigenvalue weighted by atomic mass is 32.2. The van der Waals surface area contributed by atoms with Crippen LogP contribution in [0.4, 0.5) is 5.69 Å². The van der Waals surface area contributed by atoms with Gasteiger partial charge in [-0.25, -0.2) is 4.21 Å². The van der Waals surface area contributed by atoms with Crippen molar-refractivity contribution in [2.75, 3.05) is 17.1 Å². The van der Waals surface area contributed by atoms with Gasteiger partial charge in [-0.05, 0) is 30.5 Å². The van der Waals surface area contributed by atoms with Gasteiger partial charge in [0.15, 0.2) is 0 Å². The molecule has 0 aliphatic rings. The van der Waals surface area contributed by atoms with E-state index < -0.39 is 11.0 Å². The third kappa shape index (κ3) is 3.06. The van der Waals surface area contributed by atoms with E-state index in [4.69, 9.17) is 0 Å². The summed E-state index contributed by atoms with van der Waals surface area (Å²) in [6.07, 6.45) is 1.71. The van der Waals surface area contributed by atoms with Crippen LogP contribution in [-0.4, -0.2) is 17.0 Å². The van der Waals surface area contributed by atoms with Gasteiger partial charge < -0.3 is 0 Å². The van der Waals surface area contributed by atoms with Crippen LogP contribution < -0.4 is 4.31 Å². The van der Waals surface area contributed by atoms with Gasteiger partial charge in [0.2, 0.25) is 0 Å². The zero-order chi connectivity index (χ0) is 11.4. The van der Waals surface area contributed by atoms with Crippen molar-refractivity contribution in [2.24, 2.45) is 0 Å². The van der Waals surface area contributed by atoms with E-state index in [9.17, 15) is 4.21 Å². The van der Waals surface area contributed by atoms with Gasteiger partial charge in [-0.1, -0.05) is 26.0 Å². The zero-order valence-electron chi connectivity index (χ0n) is 9.86. The molecule has 1 atom stereocenters. The van der Waals surface area contributed by atoms with E-state index >= 15 is 0 Å². The summed E-state index contributed by atoms with van der Waals surface area (Å²) in [5.74, 6) is 0.543. The summed E-state index contributed by atoms with van der Waals surface area (Å²) in [7, 11) is -0.938. The lowest BCUT2D eigenvalue weighted by atomic mass is 10.0. The number of hydrogen-bond acceptors (Lipinski definition) is 1. The van der Waals surface area contributed by atoms with Crippen LogP contribution in [-0.2, 0) is 11.0 Å². The average Bonchev–Trinajstić information content (AvgIpc) is 2.19. The molecule has 0 bridgehead atoms. The molecule has 1 unspecified atom stereocenters. The smallest absolute Gasteiger partial charge is 0.116 e. The highest BCUT2D eigenvalue weighted by Crippen LogP contribution is 2.20. The first-order valence-electron chi connectivity index (χ1n) is 5.27. The lowest BCUT2D eigenvalue weighted by Gasteiger charge is -2.19. The van der Waals surface area contributed by atoms with Crippen molar-refractivity contribution in [3.05, 3.63) is 29.8 Å². The summed E-state index contributed by atoms with van der Waals surface area (Å²) >= 11 is 0. The molecule has 0 fully saturated rings. The molecular formula is C12H19NOS. The van der Waals surface area contributed by atoms with Gasteiger partial charge in [0, 0.05) is 18.5 Å². The predicted molar refractivity (Wildman–Crippen MR) is 67.6 cm³/mol. The highest BCUT2D eigenvalue weighted by molar-refractivity contribution is 7.85. The number of hydrogen-bond donors (Lipinski definition) is 0. The fourth-order valence-electron chi connectivity index (χ4n) is 1.54. The van der Waals surface area contributed by atoms with Crippen LogP contribution in [0.15, 0.2) is 24.3 Å². The molecular weight excluding hydrogens is 206 g/mol. The second-order valence-electron chi connectivity index (χ2n) is 3.86. The Labute approximate surface area is 94.9 Å². The van der Waals surface area contributed by atoms with Crippen LogP contribution in [0.2, 0.25) is 0 Å². The number of benzene rings is 1. The highest BCUT2D eigenvalue weighted by Gasteiger charge is 2.07. The van der Waals surface area contributed by atoms with Crippen molar-refractivity contribution < 1.29 is 4.21 Å². The second kappa shape index (κ2) is 5.31. The monoisotopic (exact) mass is 225 g/mol. The van der Waals surface area contributed by atoms with E-state index in [0.29, 0.717) is 5.92 Å². The molecule has 0 spiro atoms. The molecule has 0 amide bonds. The minimum atomic E-state index is -0.938. The molecule has 0 saturated heterocycles. The van der Waals surface area contributed by atoms with Crippen LogP contribution in [0.1, 0.15) is 32.3 Å². The SMILES string of the molecule is CCN(c1ccc(C(C)C)cc1)S(C)=O. The van der Waals surface area contributed by atoms with Crippen molar-refractivity contribution in [3.8, 4) is 0 Å². The first kappa shape index (κ1) is 12.2. The van der Waals surface area contributed by atoms with Gasteiger partial charge >= 0.3 is 0 Å². The van der Waals surface area contributed by atoms with E-state index in [1.807, 2.05) is 23.4 Å². The lowest BCUT2D eigenvalue weighted by molar-refractivity contribution is 0.683. The summed E-state index contributed by atoms with van der Waals surface area (Å²) in [5.41, 5.74) is 2.35. The summed E-state index contributed by atoms with van der Waals surface area (Å²) < 4.78 is 13.3. The van der Waals surface area contributed by atoms with E-state index in [-0.39, 0.29) is 0 Å².